The second-order valence-corrected chi connectivity index (χ2v) is 9.05. The van der Waals surface area contributed by atoms with Gasteiger partial charge in [-0.05, 0) is 49.9 Å². The number of rotatable bonds is 5. The number of amides is 1. The molecular weight excluding hydrogens is 416 g/mol. The van der Waals surface area contributed by atoms with Crippen LogP contribution in [0.2, 0.25) is 0 Å². The predicted octanol–water partition coefficient (Wildman–Crippen LogP) is 4.51. The van der Waals surface area contributed by atoms with Crippen LogP contribution in [0.1, 0.15) is 66.7 Å². The Hall–Kier alpha value is -3.35. The van der Waals surface area contributed by atoms with Gasteiger partial charge in [0.05, 0.1) is 5.56 Å². The summed E-state index contributed by atoms with van der Waals surface area (Å²) in [6, 6.07) is 17.2. The zero-order chi connectivity index (χ0) is 22.8. The van der Waals surface area contributed by atoms with Crippen LogP contribution >= 0.6 is 0 Å². The standard InChI is InChI=1S/C26H30N4O3/c1-28-26(32)30(20-9-5-6-10-20)24(27-28)19-15-17-29(18-16-19)25(31)22-13-7-8-14-23(22)33-21-11-3-2-4-12-21/h2-4,7-8,11-14,19-20H,5-6,9-10,15-18H2,1H3. The zero-order valence-corrected chi connectivity index (χ0v) is 19.0. The molecule has 1 saturated carbocycles. The minimum Gasteiger partial charge on any atom is -0.457 e. The Labute approximate surface area is 193 Å². The molecule has 1 aliphatic carbocycles. The highest BCUT2D eigenvalue weighted by Gasteiger charge is 2.32. The molecule has 2 fully saturated rings. The second-order valence-electron chi connectivity index (χ2n) is 9.05. The van der Waals surface area contributed by atoms with E-state index in [0.29, 0.717) is 30.2 Å². The van der Waals surface area contributed by atoms with Gasteiger partial charge >= 0.3 is 5.69 Å². The van der Waals surface area contributed by atoms with Crippen molar-refractivity contribution >= 4 is 5.91 Å². The Morgan fingerprint density at radius 2 is 1.61 bits per heavy atom. The molecular formula is C26H30N4O3. The van der Waals surface area contributed by atoms with Gasteiger partial charge in [0.1, 0.15) is 17.3 Å². The summed E-state index contributed by atoms with van der Waals surface area (Å²) in [5, 5.41) is 4.61. The Balaban J connectivity index is 1.30. The summed E-state index contributed by atoms with van der Waals surface area (Å²) >= 11 is 0. The van der Waals surface area contributed by atoms with Crippen LogP contribution in [0.5, 0.6) is 11.5 Å². The molecule has 1 aliphatic heterocycles. The third kappa shape index (κ3) is 4.32. The van der Waals surface area contributed by atoms with Crippen molar-refractivity contribution in [2.75, 3.05) is 13.1 Å². The second kappa shape index (κ2) is 9.25. The van der Waals surface area contributed by atoms with Gasteiger partial charge in [-0.25, -0.2) is 9.48 Å². The molecule has 1 aromatic heterocycles. The van der Waals surface area contributed by atoms with Crippen molar-refractivity contribution in [2.45, 2.75) is 50.5 Å². The number of piperidine rings is 1. The normalized spacial score (nSPS) is 17.4. The number of aromatic nitrogens is 3. The Morgan fingerprint density at radius 1 is 0.939 bits per heavy atom. The number of para-hydroxylation sites is 2. The Morgan fingerprint density at radius 3 is 2.33 bits per heavy atom. The molecule has 0 atom stereocenters. The monoisotopic (exact) mass is 446 g/mol. The van der Waals surface area contributed by atoms with Crippen molar-refractivity contribution in [3.63, 3.8) is 0 Å². The Kier molecular flexibility index (Phi) is 6.03. The number of carbonyl (C=O) groups excluding carboxylic acids is 1. The molecule has 0 bridgehead atoms. The van der Waals surface area contributed by atoms with Crippen LogP contribution in [0.3, 0.4) is 0 Å². The van der Waals surface area contributed by atoms with Gasteiger partial charge in [0.25, 0.3) is 5.91 Å². The SMILES string of the molecule is Cn1nc(C2CCN(C(=O)c3ccccc3Oc3ccccc3)CC2)n(C2CCCC2)c1=O. The molecule has 33 heavy (non-hydrogen) atoms. The van der Waals surface area contributed by atoms with Gasteiger partial charge in [0.2, 0.25) is 0 Å². The van der Waals surface area contributed by atoms with Crippen LogP contribution in [0.4, 0.5) is 0 Å². The van der Waals surface area contributed by atoms with Gasteiger partial charge in [-0.3, -0.25) is 9.36 Å². The third-order valence-corrected chi connectivity index (χ3v) is 6.91. The van der Waals surface area contributed by atoms with Gasteiger partial charge in [0, 0.05) is 32.1 Å². The van der Waals surface area contributed by atoms with Crippen LogP contribution in [0.25, 0.3) is 0 Å². The third-order valence-electron chi connectivity index (χ3n) is 6.91. The molecule has 7 heteroatoms. The topological polar surface area (TPSA) is 69.4 Å². The van der Waals surface area contributed by atoms with E-state index in [9.17, 15) is 9.59 Å². The zero-order valence-electron chi connectivity index (χ0n) is 19.0. The lowest BCUT2D eigenvalue weighted by atomic mass is 9.95. The molecule has 7 nitrogen and oxygen atoms in total. The lowest BCUT2D eigenvalue weighted by molar-refractivity contribution is 0.0707. The number of likely N-dealkylation sites (tertiary alicyclic amines) is 1. The number of nitrogens with zero attached hydrogens (tertiary/aromatic N) is 4. The maximum Gasteiger partial charge on any atom is 0.345 e. The van der Waals surface area contributed by atoms with Gasteiger partial charge in [-0.2, -0.15) is 5.10 Å². The minimum atomic E-state index is -0.0193. The highest BCUT2D eigenvalue weighted by molar-refractivity contribution is 5.97. The smallest absolute Gasteiger partial charge is 0.345 e. The van der Waals surface area contributed by atoms with Crippen molar-refractivity contribution in [1.29, 1.82) is 0 Å². The summed E-state index contributed by atoms with van der Waals surface area (Å²) in [6.07, 6.45) is 6.04. The van der Waals surface area contributed by atoms with E-state index in [1.54, 1.807) is 7.05 Å². The summed E-state index contributed by atoms with van der Waals surface area (Å²) in [7, 11) is 1.74. The molecule has 5 rings (SSSR count). The van der Waals surface area contributed by atoms with Gasteiger partial charge < -0.3 is 9.64 Å². The van der Waals surface area contributed by atoms with E-state index in [1.807, 2.05) is 64.1 Å². The van der Waals surface area contributed by atoms with Crippen molar-refractivity contribution in [3.8, 4) is 11.5 Å². The van der Waals surface area contributed by atoms with Crippen LogP contribution in [-0.4, -0.2) is 38.2 Å². The number of aryl methyl sites for hydroxylation is 1. The summed E-state index contributed by atoms with van der Waals surface area (Å²) in [5.41, 5.74) is 0.558. The molecule has 1 amide bonds. The van der Waals surface area contributed by atoms with Crippen molar-refractivity contribution in [2.24, 2.45) is 7.05 Å². The van der Waals surface area contributed by atoms with Crippen LogP contribution in [0, 0.1) is 0 Å². The lowest BCUT2D eigenvalue weighted by Crippen LogP contribution is -2.39. The highest BCUT2D eigenvalue weighted by Crippen LogP contribution is 2.34. The molecule has 3 aromatic rings. The lowest BCUT2D eigenvalue weighted by Gasteiger charge is -2.32. The van der Waals surface area contributed by atoms with Gasteiger partial charge in [-0.15, -0.1) is 0 Å². The minimum absolute atomic E-state index is 0.0117. The fourth-order valence-corrected chi connectivity index (χ4v) is 5.14. The first-order valence-corrected chi connectivity index (χ1v) is 11.9. The van der Waals surface area contributed by atoms with E-state index < -0.39 is 0 Å². The quantitative estimate of drug-likeness (QED) is 0.578. The number of benzene rings is 2. The van der Waals surface area contributed by atoms with E-state index in [4.69, 9.17) is 4.74 Å². The predicted molar refractivity (Wildman–Crippen MR) is 126 cm³/mol. The van der Waals surface area contributed by atoms with Crippen molar-refractivity contribution in [3.05, 3.63) is 76.5 Å². The maximum absolute atomic E-state index is 13.4. The largest absolute Gasteiger partial charge is 0.457 e. The fraction of sp³-hybridized carbons (Fsp3) is 0.423. The first-order chi connectivity index (χ1) is 16.1. The van der Waals surface area contributed by atoms with E-state index in [2.05, 4.69) is 5.10 Å². The Bertz CT molecular complexity index is 1170. The summed E-state index contributed by atoms with van der Waals surface area (Å²) in [5.74, 6) is 2.34. The molecule has 0 N–H and O–H groups in total. The number of ether oxygens (including phenoxy) is 1. The van der Waals surface area contributed by atoms with Crippen molar-refractivity contribution < 1.29 is 9.53 Å². The summed E-state index contributed by atoms with van der Waals surface area (Å²) in [4.78, 5) is 28.0. The molecule has 0 radical (unpaired) electrons. The van der Waals surface area contributed by atoms with Crippen LogP contribution in [-0.2, 0) is 7.05 Å². The average molecular weight is 447 g/mol. The molecule has 2 aromatic carbocycles. The molecule has 0 spiro atoms. The number of hydrogen-bond donors (Lipinski definition) is 0. The van der Waals surface area contributed by atoms with Crippen LogP contribution < -0.4 is 10.4 Å². The molecule has 0 unspecified atom stereocenters. The molecule has 2 heterocycles. The first kappa shape index (κ1) is 21.5. The number of hydrogen-bond acceptors (Lipinski definition) is 4. The van der Waals surface area contributed by atoms with Crippen LogP contribution in [0.15, 0.2) is 59.4 Å². The molecule has 1 saturated heterocycles. The summed E-state index contributed by atoms with van der Waals surface area (Å²) in [6.45, 7) is 1.28. The summed E-state index contributed by atoms with van der Waals surface area (Å²) < 4.78 is 9.42. The molecule has 172 valence electrons. The highest BCUT2D eigenvalue weighted by atomic mass is 16.5. The van der Waals surface area contributed by atoms with Gasteiger partial charge in [-0.1, -0.05) is 43.2 Å². The average Bonchev–Trinajstić information content (AvgIpc) is 3.48. The van der Waals surface area contributed by atoms with E-state index in [-0.39, 0.29) is 23.6 Å². The maximum atomic E-state index is 13.4. The van der Waals surface area contributed by atoms with E-state index in [0.717, 1.165) is 31.5 Å². The van der Waals surface area contributed by atoms with Gasteiger partial charge in [0.15, 0.2) is 0 Å². The fourth-order valence-electron chi connectivity index (χ4n) is 5.14. The first-order valence-electron chi connectivity index (χ1n) is 11.9. The number of carbonyl (C=O) groups is 1. The van der Waals surface area contributed by atoms with E-state index in [1.165, 1.54) is 17.5 Å². The van der Waals surface area contributed by atoms with E-state index >= 15 is 0 Å². The molecule has 2 aliphatic rings. The van der Waals surface area contributed by atoms with Crippen molar-refractivity contribution in [1.82, 2.24) is 19.2 Å².